The molecule has 26 heavy (non-hydrogen) atoms. The molecular weight excluding hydrogens is 354 g/mol. The zero-order valence-electron chi connectivity index (χ0n) is 14.9. The molecular formula is C17H23N5O3S. The quantitative estimate of drug-likeness (QED) is 0.391. The summed E-state index contributed by atoms with van der Waals surface area (Å²) in [6.45, 7) is 4.13. The Labute approximate surface area is 156 Å². The molecule has 1 aromatic heterocycles. The fraction of sp³-hybridized carbons (Fsp3) is 0.412. The first-order valence-electron chi connectivity index (χ1n) is 8.44. The highest BCUT2D eigenvalue weighted by Crippen LogP contribution is 2.17. The number of anilines is 1. The summed E-state index contributed by atoms with van der Waals surface area (Å²) < 4.78 is 6.37. The lowest BCUT2D eigenvalue weighted by atomic mass is 10.2. The van der Waals surface area contributed by atoms with Gasteiger partial charge in [-0.1, -0.05) is 31.2 Å². The number of hydrogen-bond donors (Lipinski definition) is 2. The average molecular weight is 377 g/mol. The number of ether oxygens (including phenoxy) is 1. The predicted molar refractivity (Wildman–Crippen MR) is 101 cm³/mol. The summed E-state index contributed by atoms with van der Waals surface area (Å²) in [7, 11) is 0. The minimum atomic E-state index is -0.422. The standard InChI is InChI=1S/C17H23N5O3S/c1-3-5-9-14-20-21-17(22(14)18)26-11-15(23)19-13-8-6-7-12(10-13)16(24)25-4-2/h6-8,10H,3-5,9,11,18H2,1-2H3,(H,19,23). The Kier molecular flexibility index (Phi) is 7.46. The number of rotatable bonds is 9. The molecule has 2 aromatic rings. The summed E-state index contributed by atoms with van der Waals surface area (Å²) in [5, 5.41) is 11.3. The Morgan fingerprint density at radius 2 is 2.12 bits per heavy atom. The molecule has 0 aliphatic carbocycles. The van der Waals surface area contributed by atoms with Gasteiger partial charge in [0.2, 0.25) is 11.1 Å². The molecule has 0 atom stereocenters. The number of nitrogens with one attached hydrogen (secondary N) is 1. The van der Waals surface area contributed by atoms with Crippen LogP contribution in [0, 0.1) is 0 Å². The van der Waals surface area contributed by atoms with Crippen LogP contribution in [0.15, 0.2) is 29.4 Å². The maximum Gasteiger partial charge on any atom is 0.338 e. The van der Waals surface area contributed by atoms with Crippen LogP contribution in [0.1, 0.15) is 42.9 Å². The largest absolute Gasteiger partial charge is 0.462 e. The van der Waals surface area contributed by atoms with Crippen LogP contribution in [0.4, 0.5) is 5.69 Å². The van der Waals surface area contributed by atoms with Crippen LogP contribution in [-0.2, 0) is 16.0 Å². The molecule has 0 spiro atoms. The average Bonchev–Trinajstić information content (AvgIpc) is 2.98. The van der Waals surface area contributed by atoms with Gasteiger partial charge in [-0.05, 0) is 31.5 Å². The summed E-state index contributed by atoms with van der Waals surface area (Å²) in [4.78, 5) is 23.9. The van der Waals surface area contributed by atoms with Crippen LogP contribution in [0.25, 0.3) is 0 Å². The van der Waals surface area contributed by atoms with E-state index in [2.05, 4.69) is 22.4 Å². The molecule has 0 unspecified atom stereocenters. The van der Waals surface area contributed by atoms with Crippen molar-refractivity contribution in [2.24, 2.45) is 0 Å². The normalized spacial score (nSPS) is 10.5. The van der Waals surface area contributed by atoms with E-state index in [9.17, 15) is 9.59 Å². The van der Waals surface area contributed by atoms with E-state index in [4.69, 9.17) is 10.6 Å². The molecule has 9 heteroatoms. The first-order valence-corrected chi connectivity index (χ1v) is 9.42. The maximum atomic E-state index is 12.1. The number of benzene rings is 1. The number of amides is 1. The van der Waals surface area contributed by atoms with Crippen LogP contribution in [-0.4, -0.2) is 39.1 Å². The number of carbonyl (C=O) groups excluding carboxylic acids is 2. The van der Waals surface area contributed by atoms with Crippen LogP contribution in [0.3, 0.4) is 0 Å². The summed E-state index contributed by atoms with van der Waals surface area (Å²) in [5.74, 6) is 6.14. The summed E-state index contributed by atoms with van der Waals surface area (Å²) in [6.07, 6.45) is 2.79. The smallest absolute Gasteiger partial charge is 0.338 e. The van der Waals surface area contributed by atoms with E-state index in [-0.39, 0.29) is 11.7 Å². The van der Waals surface area contributed by atoms with Crippen LogP contribution in [0.5, 0.6) is 0 Å². The van der Waals surface area contributed by atoms with Crippen molar-refractivity contribution in [3.05, 3.63) is 35.7 Å². The van der Waals surface area contributed by atoms with E-state index in [0.29, 0.717) is 28.8 Å². The number of nitrogens with zero attached hydrogens (tertiary/aromatic N) is 3. The van der Waals surface area contributed by atoms with E-state index in [1.807, 2.05) is 0 Å². The number of hydrogen-bond acceptors (Lipinski definition) is 7. The molecule has 1 heterocycles. The van der Waals surface area contributed by atoms with Crippen LogP contribution >= 0.6 is 11.8 Å². The number of unbranched alkanes of at least 4 members (excludes halogenated alkanes) is 1. The van der Waals surface area contributed by atoms with Crippen molar-refractivity contribution in [3.63, 3.8) is 0 Å². The highest BCUT2D eigenvalue weighted by molar-refractivity contribution is 7.99. The van der Waals surface area contributed by atoms with Crippen molar-refractivity contribution in [3.8, 4) is 0 Å². The molecule has 0 radical (unpaired) electrons. The zero-order chi connectivity index (χ0) is 18.9. The zero-order valence-corrected chi connectivity index (χ0v) is 15.7. The van der Waals surface area contributed by atoms with E-state index in [1.165, 1.54) is 16.4 Å². The second-order valence-electron chi connectivity index (χ2n) is 5.51. The minimum absolute atomic E-state index is 0.132. The van der Waals surface area contributed by atoms with E-state index >= 15 is 0 Å². The number of thioether (sulfide) groups is 1. The molecule has 2 rings (SSSR count). The molecule has 3 N–H and O–H groups in total. The van der Waals surface area contributed by atoms with Crippen molar-refractivity contribution < 1.29 is 14.3 Å². The van der Waals surface area contributed by atoms with Crippen molar-refractivity contribution in [2.75, 3.05) is 23.5 Å². The molecule has 0 bridgehead atoms. The third kappa shape index (κ3) is 5.48. The fourth-order valence-corrected chi connectivity index (χ4v) is 2.85. The number of nitrogens with two attached hydrogens (primary N) is 1. The molecule has 0 aliphatic rings. The third-order valence-corrected chi connectivity index (χ3v) is 4.42. The lowest BCUT2D eigenvalue weighted by Crippen LogP contribution is -2.17. The minimum Gasteiger partial charge on any atom is -0.462 e. The number of nitrogen functional groups attached to an aromatic ring is 1. The summed E-state index contributed by atoms with van der Waals surface area (Å²) in [5.41, 5.74) is 0.915. The number of aromatic nitrogens is 3. The maximum absolute atomic E-state index is 12.1. The Morgan fingerprint density at radius 3 is 2.85 bits per heavy atom. The van der Waals surface area contributed by atoms with Crippen LogP contribution in [0.2, 0.25) is 0 Å². The van der Waals surface area contributed by atoms with Gasteiger partial charge in [0.05, 0.1) is 17.9 Å². The van der Waals surface area contributed by atoms with Gasteiger partial charge in [-0.3, -0.25) is 4.79 Å². The van der Waals surface area contributed by atoms with Crippen molar-refractivity contribution in [2.45, 2.75) is 38.3 Å². The fourth-order valence-electron chi connectivity index (χ4n) is 2.18. The monoisotopic (exact) mass is 377 g/mol. The third-order valence-electron chi connectivity index (χ3n) is 3.48. The van der Waals surface area contributed by atoms with Gasteiger partial charge in [-0.2, -0.15) is 0 Å². The first kappa shape index (κ1) is 19.8. The second kappa shape index (κ2) is 9.81. The lowest BCUT2D eigenvalue weighted by Gasteiger charge is -2.07. The first-order chi connectivity index (χ1) is 12.5. The Morgan fingerprint density at radius 1 is 1.31 bits per heavy atom. The van der Waals surface area contributed by atoms with Crippen molar-refractivity contribution in [1.29, 1.82) is 0 Å². The Balaban J connectivity index is 1.90. The molecule has 140 valence electrons. The molecule has 0 fully saturated rings. The van der Waals surface area contributed by atoms with Gasteiger partial charge in [-0.25, -0.2) is 9.47 Å². The lowest BCUT2D eigenvalue weighted by molar-refractivity contribution is -0.113. The van der Waals surface area contributed by atoms with Gasteiger partial charge in [0.25, 0.3) is 0 Å². The summed E-state index contributed by atoms with van der Waals surface area (Å²) in [6, 6.07) is 6.61. The number of aryl methyl sites for hydroxylation is 1. The topological polar surface area (TPSA) is 112 Å². The van der Waals surface area contributed by atoms with Gasteiger partial charge in [-0.15, -0.1) is 10.2 Å². The van der Waals surface area contributed by atoms with Gasteiger partial charge >= 0.3 is 5.97 Å². The van der Waals surface area contributed by atoms with Crippen molar-refractivity contribution in [1.82, 2.24) is 14.9 Å². The van der Waals surface area contributed by atoms with Gasteiger partial charge < -0.3 is 15.9 Å². The van der Waals surface area contributed by atoms with E-state index in [1.54, 1.807) is 31.2 Å². The van der Waals surface area contributed by atoms with Crippen LogP contribution < -0.4 is 11.2 Å². The molecule has 0 saturated carbocycles. The molecule has 8 nitrogen and oxygen atoms in total. The van der Waals surface area contributed by atoms with Gasteiger partial charge in [0.15, 0.2) is 5.82 Å². The predicted octanol–water partition coefficient (Wildman–Crippen LogP) is 2.24. The highest BCUT2D eigenvalue weighted by Gasteiger charge is 2.13. The molecule has 0 saturated heterocycles. The highest BCUT2D eigenvalue weighted by atomic mass is 32.2. The SMILES string of the molecule is CCCCc1nnc(SCC(=O)Nc2cccc(C(=O)OCC)c2)n1N. The Bertz CT molecular complexity index is 763. The van der Waals surface area contributed by atoms with Crippen molar-refractivity contribution >= 4 is 29.3 Å². The molecule has 0 aliphatic heterocycles. The summed E-state index contributed by atoms with van der Waals surface area (Å²) >= 11 is 1.21. The number of carbonyl (C=O) groups is 2. The second-order valence-corrected chi connectivity index (χ2v) is 6.45. The molecule has 1 amide bonds. The van der Waals surface area contributed by atoms with Gasteiger partial charge in [0.1, 0.15) is 0 Å². The van der Waals surface area contributed by atoms with Gasteiger partial charge in [0, 0.05) is 12.1 Å². The van der Waals surface area contributed by atoms with E-state index in [0.717, 1.165) is 19.3 Å². The Hall–Kier alpha value is -2.55. The molecule has 1 aromatic carbocycles. The van der Waals surface area contributed by atoms with E-state index < -0.39 is 5.97 Å². The number of esters is 1.